The van der Waals surface area contributed by atoms with E-state index >= 15 is 0 Å². The molecule has 0 aromatic heterocycles. The summed E-state index contributed by atoms with van der Waals surface area (Å²) in [6.45, 7) is 0.431. The minimum absolute atomic E-state index is 0.0483. The number of carbonyl (C=O) groups is 2. The van der Waals surface area contributed by atoms with Crippen LogP contribution in [0.2, 0.25) is 0 Å². The highest BCUT2D eigenvalue weighted by atomic mass is 16.5. The van der Waals surface area contributed by atoms with Gasteiger partial charge in [-0.1, -0.05) is 30.3 Å². The van der Waals surface area contributed by atoms with Gasteiger partial charge in [0, 0.05) is 12.1 Å². The van der Waals surface area contributed by atoms with E-state index in [-0.39, 0.29) is 12.5 Å². The Kier molecular flexibility index (Phi) is 4.89. The van der Waals surface area contributed by atoms with Gasteiger partial charge in [0.1, 0.15) is 12.0 Å². The third kappa shape index (κ3) is 4.24. The third-order valence-electron chi connectivity index (χ3n) is 2.72. The number of aldehydes is 1. The lowest BCUT2D eigenvalue weighted by Crippen LogP contribution is -2.28. The van der Waals surface area contributed by atoms with Crippen molar-refractivity contribution in [3.63, 3.8) is 0 Å². The van der Waals surface area contributed by atoms with Gasteiger partial charge < -0.3 is 10.1 Å². The summed E-state index contributed by atoms with van der Waals surface area (Å²) in [7, 11) is 0. The molecule has 0 saturated heterocycles. The summed E-state index contributed by atoms with van der Waals surface area (Å²) in [5, 5.41) is 2.77. The number of ether oxygens (including phenoxy) is 1. The number of amides is 1. The van der Waals surface area contributed by atoms with Crippen LogP contribution >= 0.6 is 0 Å². The molecule has 0 aliphatic carbocycles. The fourth-order valence-electron chi connectivity index (χ4n) is 1.64. The zero-order valence-corrected chi connectivity index (χ0v) is 10.9. The largest absolute Gasteiger partial charge is 0.484 e. The van der Waals surface area contributed by atoms with Crippen molar-refractivity contribution in [2.75, 3.05) is 6.61 Å². The molecule has 2 aromatic rings. The summed E-state index contributed by atoms with van der Waals surface area (Å²) in [6, 6.07) is 16.3. The molecular formula is C16H15NO3. The normalized spacial score (nSPS) is 9.80. The fourth-order valence-corrected chi connectivity index (χ4v) is 1.64. The number of carbonyl (C=O) groups excluding carboxylic acids is 2. The number of hydrogen-bond acceptors (Lipinski definition) is 3. The molecule has 2 aromatic carbocycles. The molecule has 0 aliphatic heterocycles. The molecule has 0 aliphatic rings. The second-order valence-corrected chi connectivity index (χ2v) is 4.24. The first kappa shape index (κ1) is 13.8. The van der Waals surface area contributed by atoms with Crippen LogP contribution in [0.5, 0.6) is 5.75 Å². The molecule has 2 rings (SSSR count). The average Bonchev–Trinajstić information content (AvgIpc) is 2.52. The van der Waals surface area contributed by atoms with E-state index in [2.05, 4.69) is 5.32 Å². The first-order valence-corrected chi connectivity index (χ1v) is 6.26. The van der Waals surface area contributed by atoms with E-state index in [1.165, 1.54) is 0 Å². The van der Waals surface area contributed by atoms with Crippen LogP contribution in [0, 0.1) is 0 Å². The molecule has 20 heavy (non-hydrogen) atoms. The Balaban J connectivity index is 1.75. The molecule has 0 fully saturated rings. The van der Waals surface area contributed by atoms with E-state index in [0.717, 1.165) is 11.8 Å². The van der Waals surface area contributed by atoms with Gasteiger partial charge in [-0.15, -0.1) is 0 Å². The zero-order valence-electron chi connectivity index (χ0n) is 10.9. The van der Waals surface area contributed by atoms with Crippen molar-refractivity contribution >= 4 is 12.2 Å². The Morgan fingerprint density at radius 3 is 2.40 bits per heavy atom. The molecule has 1 amide bonds. The smallest absolute Gasteiger partial charge is 0.258 e. The minimum Gasteiger partial charge on any atom is -0.484 e. The van der Waals surface area contributed by atoms with E-state index in [0.29, 0.717) is 17.9 Å². The predicted molar refractivity (Wildman–Crippen MR) is 75.6 cm³/mol. The zero-order chi connectivity index (χ0) is 14.2. The Hall–Kier alpha value is -2.62. The summed E-state index contributed by atoms with van der Waals surface area (Å²) in [4.78, 5) is 22.1. The van der Waals surface area contributed by atoms with E-state index < -0.39 is 0 Å². The van der Waals surface area contributed by atoms with Gasteiger partial charge in [-0.2, -0.15) is 0 Å². The van der Waals surface area contributed by atoms with Crippen molar-refractivity contribution in [2.45, 2.75) is 6.54 Å². The number of nitrogens with one attached hydrogen (secondary N) is 1. The van der Waals surface area contributed by atoms with Gasteiger partial charge >= 0.3 is 0 Å². The van der Waals surface area contributed by atoms with Crippen LogP contribution < -0.4 is 10.1 Å². The number of benzene rings is 2. The molecule has 0 unspecified atom stereocenters. The highest BCUT2D eigenvalue weighted by Gasteiger charge is 2.02. The summed E-state index contributed by atoms with van der Waals surface area (Å²) in [6.07, 6.45) is 0.760. The lowest BCUT2D eigenvalue weighted by Gasteiger charge is -2.07. The summed E-state index contributed by atoms with van der Waals surface area (Å²) in [5.74, 6) is 0.374. The molecule has 102 valence electrons. The van der Waals surface area contributed by atoms with Gasteiger partial charge in [0.15, 0.2) is 6.61 Å². The summed E-state index contributed by atoms with van der Waals surface area (Å²) < 4.78 is 5.33. The molecule has 4 nitrogen and oxygen atoms in total. The number of hydrogen-bond donors (Lipinski definition) is 1. The van der Waals surface area contributed by atoms with Crippen molar-refractivity contribution in [2.24, 2.45) is 0 Å². The van der Waals surface area contributed by atoms with Gasteiger partial charge in [-0.25, -0.2) is 0 Å². The average molecular weight is 269 g/mol. The van der Waals surface area contributed by atoms with Crippen LogP contribution in [0.1, 0.15) is 15.9 Å². The molecular weight excluding hydrogens is 254 g/mol. The van der Waals surface area contributed by atoms with E-state index in [4.69, 9.17) is 4.74 Å². The maximum atomic E-state index is 11.6. The fraction of sp³-hybridized carbons (Fsp3) is 0.125. The highest BCUT2D eigenvalue weighted by Crippen LogP contribution is 2.10. The Morgan fingerprint density at radius 2 is 1.75 bits per heavy atom. The van der Waals surface area contributed by atoms with Crippen molar-refractivity contribution in [1.29, 1.82) is 0 Å². The third-order valence-corrected chi connectivity index (χ3v) is 2.72. The topological polar surface area (TPSA) is 55.4 Å². The molecule has 4 heteroatoms. The van der Waals surface area contributed by atoms with Crippen LogP contribution in [0.25, 0.3) is 0 Å². The van der Waals surface area contributed by atoms with Crippen molar-refractivity contribution < 1.29 is 14.3 Å². The lowest BCUT2D eigenvalue weighted by molar-refractivity contribution is -0.123. The molecule has 0 heterocycles. The SMILES string of the molecule is O=Cc1ccc(OCC(=O)NCc2ccccc2)cc1. The first-order valence-electron chi connectivity index (χ1n) is 6.26. The van der Waals surface area contributed by atoms with Crippen LogP contribution in [0.4, 0.5) is 0 Å². The van der Waals surface area contributed by atoms with Crippen molar-refractivity contribution in [3.8, 4) is 5.75 Å². The number of rotatable bonds is 6. The molecule has 0 atom stereocenters. The molecule has 0 radical (unpaired) electrons. The Bertz CT molecular complexity index is 564. The van der Waals surface area contributed by atoms with Crippen molar-refractivity contribution in [1.82, 2.24) is 5.32 Å². The van der Waals surface area contributed by atoms with Crippen LogP contribution in [-0.2, 0) is 11.3 Å². The molecule has 0 spiro atoms. The lowest BCUT2D eigenvalue weighted by atomic mass is 10.2. The minimum atomic E-state index is -0.187. The summed E-state index contributed by atoms with van der Waals surface area (Å²) >= 11 is 0. The second kappa shape index (κ2) is 7.09. The summed E-state index contributed by atoms with van der Waals surface area (Å²) in [5.41, 5.74) is 1.61. The van der Waals surface area contributed by atoms with Gasteiger partial charge in [0.2, 0.25) is 0 Å². The Labute approximate surface area is 117 Å². The van der Waals surface area contributed by atoms with Gasteiger partial charge in [-0.05, 0) is 29.8 Å². The first-order chi connectivity index (χ1) is 9.78. The molecule has 1 N–H and O–H groups in total. The maximum absolute atomic E-state index is 11.6. The Morgan fingerprint density at radius 1 is 1.05 bits per heavy atom. The predicted octanol–water partition coefficient (Wildman–Crippen LogP) is 2.19. The molecule has 0 saturated carbocycles. The van der Waals surface area contributed by atoms with E-state index in [1.807, 2.05) is 30.3 Å². The van der Waals surface area contributed by atoms with Gasteiger partial charge in [0.05, 0.1) is 0 Å². The highest BCUT2D eigenvalue weighted by molar-refractivity contribution is 5.77. The van der Waals surface area contributed by atoms with E-state index in [9.17, 15) is 9.59 Å². The van der Waals surface area contributed by atoms with Crippen molar-refractivity contribution in [3.05, 3.63) is 65.7 Å². The molecule has 0 bridgehead atoms. The maximum Gasteiger partial charge on any atom is 0.258 e. The van der Waals surface area contributed by atoms with Crippen LogP contribution in [-0.4, -0.2) is 18.8 Å². The standard InChI is InChI=1S/C16H15NO3/c18-11-14-6-8-15(9-7-14)20-12-16(19)17-10-13-4-2-1-3-5-13/h1-9,11H,10,12H2,(H,17,19). The monoisotopic (exact) mass is 269 g/mol. The van der Waals surface area contributed by atoms with Gasteiger partial charge in [-0.3, -0.25) is 9.59 Å². The van der Waals surface area contributed by atoms with Crippen LogP contribution in [0.15, 0.2) is 54.6 Å². The quantitative estimate of drug-likeness (QED) is 0.818. The second-order valence-electron chi connectivity index (χ2n) is 4.24. The van der Waals surface area contributed by atoms with Gasteiger partial charge in [0.25, 0.3) is 5.91 Å². The van der Waals surface area contributed by atoms with Crippen LogP contribution in [0.3, 0.4) is 0 Å². The van der Waals surface area contributed by atoms with E-state index in [1.54, 1.807) is 24.3 Å².